The quantitative estimate of drug-likeness (QED) is 0.858. The topological polar surface area (TPSA) is 101 Å². The molecule has 21 heavy (non-hydrogen) atoms. The molecule has 0 aliphatic rings. The highest BCUT2D eigenvalue weighted by molar-refractivity contribution is 7.91. The number of aromatic nitrogens is 2. The van der Waals surface area contributed by atoms with Crippen molar-refractivity contribution in [3.63, 3.8) is 0 Å². The van der Waals surface area contributed by atoms with E-state index >= 15 is 0 Å². The van der Waals surface area contributed by atoms with E-state index in [0.717, 1.165) is 11.3 Å². The molecule has 9 heteroatoms. The number of sulfonamides is 1. The van der Waals surface area contributed by atoms with Gasteiger partial charge in [0, 0.05) is 18.3 Å². The van der Waals surface area contributed by atoms with E-state index in [4.69, 9.17) is 0 Å². The van der Waals surface area contributed by atoms with E-state index in [0.29, 0.717) is 17.0 Å². The Kier molecular flexibility index (Phi) is 4.17. The number of hydrogen-bond donors (Lipinski definition) is 2. The minimum Gasteiger partial charge on any atom is -0.480 e. The zero-order valence-electron chi connectivity index (χ0n) is 11.7. The molecule has 0 radical (unpaired) electrons. The Morgan fingerprint density at radius 2 is 2.14 bits per heavy atom. The summed E-state index contributed by atoms with van der Waals surface area (Å²) in [7, 11) is -2.20. The average molecular weight is 329 g/mol. The van der Waals surface area contributed by atoms with Gasteiger partial charge in [-0.1, -0.05) is 6.07 Å². The van der Waals surface area contributed by atoms with Gasteiger partial charge in [0.25, 0.3) is 10.0 Å². The maximum Gasteiger partial charge on any atom is 0.326 e. The molecule has 2 aromatic rings. The SMILES string of the molecule is Cc1nn(C)c(C)c1C(NS(=O)(=O)c1cccs1)C(=O)O. The predicted octanol–water partition coefficient (Wildman–Crippen LogP) is 1.20. The highest BCUT2D eigenvalue weighted by Gasteiger charge is 2.31. The van der Waals surface area contributed by atoms with Crippen molar-refractivity contribution >= 4 is 27.3 Å². The van der Waals surface area contributed by atoms with Crippen molar-refractivity contribution in [3.05, 3.63) is 34.5 Å². The molecule has 0 saturated carbocycles. The first-order valence-electron chi connectivity index (χ1n) is 6.02. The molecular weight excluding hydrogens is 314 g/mol. The second kappa shape index (κ2) is 5.58. The number of carboxylic acid groups (broad SMARTS) is 1. The molecule has 2 aromatic heterocycles. The monoisotopic (exact) mass is 329 g/mol. The van der Waals surface area contributed by atoms with Gasteiger partial charge in [0.2, 0.25) is 0 Å². The zero-order valence-corrected chi connectivity index (χ0v) is 13.3. The highest BCUT2D eigenvalue weighted by Crippen LogP contribution is 2.25. The smallest absolute Gasteiger partial charge is 0.326 e. The molecule has 0 amide bonds. The summed E-state index contributed by atoms with van der Waals surface area (Å²) in [5, 5.41) is 15.1. The summed E-state index contributed by atoms with van der Waals surface area (Å²) in [6.45, 7) is 3.35. The molecule has 1 atom stereocenters. The van der Waals surface area contributed by atoms with Gasteiger partial charge in [-0.3, -0.25) is 9.48 Å². The van der Waals surface area contributed by atoms with Crippen LogP contribution in [0.3, 0.4) is 0 Å². The molecule has 0 fully saturated rings. The van der Waals surface area contributed by atoms with Crippen LogP contribution in [0, 0.1) is 13.8 Å². The first kappa shape index (κ1) is 15.7. The normalized spacial score (nSPS) is 13.3. The lowest BCUT2D eigenvalue weighted by Crippen LogP contribution is -2.34. The maximum absolute atomic E-state index is 12.2. The standard InChI is InChI=1S/C12H15N3O4S2/c1-7-10(8(2)15(3)13-7)11(12(16)17)14-21(18,19)9-5-4-6-20-9/h4-6,11,14H,1-3H3,(H,16,17). The number of nitrogens with zero attached hydrogens (tertiary/aromatic N) is 2. The van der Waals surface area contributed by atoms with Crippen LogP contribution in [0.2, 0.25) is 0 Å². The average Bonchev–Trinajstić information content (AvgIpc) is 2.98. The van der Waals surface area contributed by atoms with Gasteiger partial charge in [-0.05, 0) is 25.3 Å². The summed E-state index contributed by atoms with van der Waals surface area (Å²) in [5.74, 6) is -1.27. The fourth-order valence-corrected chi connectivity index (χ4v) is 4.24. The van der Waals surface area contributed by atoms with E-state index in [9.17, 15) is 18.3 Å². The first-order chi connectivity index (χ1) is 9.74. The zero-order chi connectivity index (χ0) is 15.8. The molecule has 0 spiro atoms. The molecule has 1 unspecified atom stereocenters. The number of hydrogen-bond acceptors (Lipinski definition) is 5. The summed E-state index contributed by atoms with van der Waals surface area (Å²) in [5.41, 5.74) is 1.45. The van der Waals surface area contributed by atoms with Gasteiger partial charge < -0.3 is 5.11 Å². The molecule has 2 rings (SSSR count). The number of carboxylic acids is 1. The fourth-order valence-electron chi connectivity index (χ4n) is 2.07. The number of nitrogens with one attached hydrogen (secondary N) is 1. The number of aryl methyl sites for hydroxylation is 2. The van der Waals surface area contributed by atoms with Crippen molar-refractivity contribution < 1.29 is 18.3 Å². The molecule has 114 valence electrons. The third kappa shape index (κ3) is 2.99. The molecule has 0 bridgehead atoms. The van der Waals surface area contributed by atoms with Crippen LogP contribution in [0.5, 0.6) is 0 Å². The molecule has 2 heterocycles. The summed E-state index contributed by atoms with van der Waals surface area (Å²) in [6, 6.07) is 1.65. The van der Waals surface area contributed by atoms with E-state index in [1.54, 1.807) is 32.3 Å². The van der Waals surface area contributed by atoms with Crippen LogP contribution in [-0.4, -0.2) is 29.3 Å². The Morgan fingerprint density at radius 3 is 2.57 bits per heavy atom. The minimum atomic E-state index is -3.88. The van der Waals surface area contributed by atoms with Gasteiger partial charge in [-0.25, -0.2) is 8.42 Å². The van der Waals surface area contributed by atoms with Crippen molar-refractivity contribution in [1.82, 2.24) is 14.5 Å². The Morgan fingerprint density at radius 1 is 1.48 bits per heavy atom. The second-order valence-corrected chi connectivity index (χ2v) is 7.42. The second-order valence-electron chi connectivity index (χ2n) is 4.53. The Balaban J connectivity index is 2.44. The van der Waals surface area contributed by atoms with Crippen molar-refractivity contribution in [2.24, 2.45) is 7.05 Å². The van der Waals surface area contributed by atoms with Gasteiger partial charge in [-0.2, -0.15) is 9.82 Å². The number of carbonyl (C=O) groups is 1. The summed E-state index contributed by atoms with van der Waals surface area (Å²) < 4.78 is 28.3. The number of aliphatic carboxylic acids is 1. The fraction of sp³-hybridized carbons (Fsp3) is 0.333. The summed E-state index contributed by atoms with van der Waals surface area (Å²) in [4.78, 5) is 11.5. The number of thiophene rings is 1. The lowest BCUT2D eigenvalue weighted by atomic mass is 10.1. The minimum absolute atomic E-state index is 0.0768. The van der Waals surface area contributed by atoms with E-state index in [1.165, 1.54) is 10.7 Å². The van der Waals surface area contributed by atoms with Crippen LogP contribution in [-0.2, 0) is 21.9 Å². The van der Waals surface area contributed by atoms with E-state index < -0.39 is 22.0 Å². The Hall–Kier alpha value is -1.71. The van der Waals surface area contributed by atoms with Gasteiger partial charge in [0.05, 0.1) is 5.69 Å². The first-order valence-corrected chi connectivity index (χ1v) is 8.39. The van der Waals surface area contributed by atoms with Crippen molar-refractivity contribution in [3.8, 4) is 0 Å². The van der Waals surface area contributed by atoms with Crippen LogP contribution in [0.15, 0.2) is 21.7 Å². The number of rotatable bonds is 5. The molecule has 0 aliphatic heterocycles. The van der Waals surface area contributed by atoms with Crippen LogP contribution in [0.25, 0.3) is 0 Å². The Bertz CT molecular complexity index is 763. The van der Waals surface area contributed by atoms with E-state index in [-0.39, 0.29) is 4.21 Å². The van der Waals surface area contributed by atoms with Crippen LogP contribution in [0.1, 0.15) is 23.0 Å². The van der Waals surface area contributed by atoms with Gasteiger partial charge in [0.15, 0.2) is 0 Å². The Labute approximate surface area is 126 Å². The molecular formula is C12H15N3O4S2. The maximum atomic E-state index is 12.2. The highest BCUT2D eigenvalue weighted by atomic mass is 32.2. The molecule has 0 saturated heterocycles. The van der Waals surface area contributed by atoms with Gasteiger partial charge in [0.1, 0.15) is 10.3 Å². The summed E-state index contributed by atoms with van der Waals surface area (Å²) in [6.07, 6.45) is 0. The third-order valence-electron chi connectivity index (χ3n) is 3.13. The van der Waals surface area contributed by atoms with Crippen LogP contribution in [0.4, 0.5) is 0 Å². The van der Waals surface area contributed by atoms with Gasteiger partial charge >= 0.3 is 5.97 Å². The lowest BCUT2D eigenvalue weighted by Gasteiger charge is -2.15. The third-order valence-corrected chi connectivity index (χ3v) is 5.95. The predicted molar refractivity (Wildman–Crippen MR) is 77.7 cm³/mol. The molecule has 7 nitrogen and oxygen atoms in total. The van der Waals surface area contributed by atoms with Crippen molar-refractivity contribution in [2.45, 2.75) is 24.1 Å². The van der Waals surface area contributed by atoms with Crippen molar-refractivity contribution in [2.75, 3.05) is 0 Å². The van der Waals surface area contributed by atoms with Crippen LogP contribution < -0.4 is 4.72 Å². The lowest BCUT2D eigenvalue weighted by molar-refractivity contribution is -0.139. The summed E-state index contributed by atoms with van der Waals surface area (Å²) >= 11 is 1.03. The molecule has 2 N–H and O–H groups in total. The van der Waals surface area contributed by atoms with Crippen LogP contribution >= 0.6 is 11.3 Å². The molecule has 0 aliphatic carbocycles. The molecule has 0 aromatic carbocycles. The van der Waals surface area contributed by atoms with Gasteiger partial charge in [-0.15, -0.1) is 11.3 Å². The largest absolute Gasteiger partial charge is 0.480 e. The van der Waals surface area contributed by atoms with E-state index in [1.807, 2.05) is 0 Å². The van der Waals surface area contributed by atoms with E-state index in [2.05, 4.69) is 9.82 Å². The van der Waals surface area contributed by atoms with Crippen molar-refractivity contribution in [1.29, 1.82) is 0 Å².